The molecule has 0 aliphatic rings. The maximum absolute atomic E-state index is 12.6. The molecule has 29 heavy (non-hydrogen) atoms. The molecule has 7 heteroatoms. The van der Waals surface area contributed by atoms with Crippen LogP contribution in [0.25, 0.3) is 10.9 Å². The van der Waals surface area contributed by atoms with Gasteiger partial charge in [0.2, 0.25) is 0 Å². The fraction of sp³-hybridized carbons (Fsp3) is 0.182. The first-order valence-electron chi connectivity index (χ1n) is 8.91. The van der Waals surface area contributed by atoms with E-state index in [1.807, 2.05) is 25.1 Å². The Balaban J connectivity index is 1.70. The predicted molar refractivity (Wildman–Crippen MR) is 108 cm³/mol. The number of ether oxygens (including phenoxy) is 2. The summed E-state index contributed by atoms with van der Waals surface area (Å²) in [6.45, 7) is 3.25. The molecule has 1 amide bonds. The van der Waals surface area contributed by atoms with Gasteiger partial charge in [-0.15, -0.1) is 0 Å². The van der Waals surface area contributed by atoms with Crippen LogP contribution in [0.1, 0.15) is 32.0 Å². The van der Waals surface area contributed by atoms with Gasteiger partial charge < -0.3 is 14.8 Å². The molecule has 0 unspecified atom stereocenters. The van der Waals surface area contributed by atoms with Crippen molar-refractivity contribution in [3.05, 3.63) is 70.9 Å². The highest BCUT2D eigenvalue weighted by Gasteiger charge is 2.16. The zero-order valence-electron chi connectivity index (χ0n) is 16.3. The third kappa shape index (κ3) is 4.76. The minimum atomic E-state index is -0.607. The van der Waals surface area contributed by atoms with Gasteiger partial charge in [0.15, 0.2) is 6.61 Å². The van der Waals surface area contributed by atoms with Crippen molar-refractivity contribution in [3.8, 4) is 0 Å². The van der Waals surface area contributed by atoms with Gasteiger partial charge >= 0.3 is 11.9 Å². The van der Waals surface area contributed by atoms with Gasteiger partial charge in [0.25, 0.3) is 5.91 Å². The summed E-state index contributed by atoms with van der Waals surface area (Å²) in [6.07, 6.45) is 0. The number of nitrogens with one attached hydrogen (secondary N) is 1. The van der Waals surface area contributed by atoms with Gasteiger partial charge in [0, 0.05) is 16.8 Å². The summed E-state index contributed by atoms with van der Waals surface area (Å²) >= 11 is 0. The standard InChI is InChI=1S/C22H20N2O5/c1-13-7-8-19-17(9-13)18(10-14(2)23-19)22(27)29-12-20(25)24-16-6-4-5-15(11-16)21(26)28-3/h4-11H,12H2,1-3H3,(H,24,25). The Morgan fingerprint density at radius 1 is 1.00 bits per heavy atom. The van der Waals surface area contributed by atoms with Crippen LogP contribution in [0.3, 0.4) is 0 Å². The Bertz CT molecular complexity index is 1110. The van der Waals surface area contributed by atoms with E-state index in [9.17, 15) is 14.4 Å². The lowest BCUT2D eigenvalue weighted by atomic mass is 10.1. The van der Waals surface area contributed by atoms with Crippen LogP contribution in [0.4, 0.5) is 5.69 Å². The number of pyridine rings is 1. The van der Waals surface area contributed by atoms with Crippen LogP contribution in [0.5, 0.6) is 0 Å². The monoisotopic (exact) mass is 392 g/mol. The van der Waals surface area contributed by atoms with Crippen LogP contribution in [-0.2, 0) is 14.3 Å². The third-order valence-electron chi connectivity index (χ3n) is 4.21. The molecule has 3 rings (SSSR count). The summed E-state index contributed by atoms with van der Waals surface area (Å²) < 4.78 is 9.84. The molecule has 0 fully saturated rings. The second kappa shape index (κ2) is 8.52. The fourth-order valence-corrected chi connectivity index (χ4v) is 2.89. The maximum Gasteiger partial charge on any atom is 0.339 e. The van der Waals surface area contributed by atoms with Crippen LogP contribution in [-0.4, -0.2) is 36.5 Å². The summed E-state index contributed by atoms with van der Waals surface area (Å²) in [4.78, 5) is 40.7. The summed E-state index contributed by atoms with van der Waals surface area (Å²) in [5.41, 5.74) is 3.41. The van der Waals surface area contributed by atoms with Crippen LogP contribution < -0.4 is 5.32 Å². The average Bonchev–Trinajstić information content (AvgIpc) is 2.71. The highest BCUT2D eigenvalue weighted by molar-refractivity contribution is 6.04. The van der Waals surface area contributed by atoms with Crippen molar-refractivity contribution in [1.29, 1.82) is 0 Å². The van der Waals surface area contributed by atoms with E-state index in [0.29, 0.717) is 33.4 Å². The second-order valence-corrected chi connectivity index (χ2v) is 6.53. The molecule has 1 aromatic heterocycles. The van der Waals surface area contributed by atoms with Crippen LogP contribution in [0, 0.1) is 13.8 Å². The largest absolute Gasteiger partial charge is 0.465 e. The maximum atomic E-state index is 12.6. The molecule has 0 radical (unpaired) electrons. The smallest absolute Gasteiger partial charge is 0.339 e. The number of hydrogen-bond donors (Lipinski definition) is 1. The molecule has 148 valence electrons. The number of aromatic nitrogens is 1. The molecule has 2 aromatic carbocycles. The molecular weight excluding hydrogens is 372 g/mol. The van der Waals surface area contributed by atoms with Crippen molar-refractivity contribution in [1.82, 2.24) is 4.98 Å². The number of methoxy groups -OCH3 is 1. The van der Waals surface area contributed by atoms with E-state index in [4.69, 9.17) is 4.74 Å². The van der Waals surface area contributed by atoms with Crippen molar-refractivity contribution < 1.29 is 23.9 Å². The lowest BCUT2D eigenvalue weighted by molar-refractivity contribution is -0.119. The van der Waals surface area contributed by atoms with Gasteiger partial charge in [-0.05, 0) is 50.2 Å². The lowest BCUT2D eigenvalue weighted by Gasteiger charge is -2.10. The van der Waals surface area contributed by atoms with Crippen LogP contribution >= 0.6 is 0 Å². The first kappa shape index (κ1) is 20.0. The van der Waals surface area contributed by atoms with Gasteiger partial charge in [0.05, 0.1) is 23.8 Å². The zero-order chi connectivity index (χ0) is 21.0. The molecule has 3 aromatic rings. The third-order valence-corrected chi connectivity index (χ3v) is 4.21. The van der Waals surface area contributed by atoms with E-state index in [1.54, 1.807) is 31.2 Å². The Hall–Kier alpha value is -3.74. The molecule has 0 bridgehead atoms. The summed E-state index contributed by atoms with van der Waals surface area (Å²) in [7, 11) is 1.28. The Morgan fingerprint density at radius 2 is 1.79 bits per heavy atom. The number of carbonyl (C=O) groups is 3. The fourth-order valence-electron chi connectivity index (χ4n) is 2.89. The van der Waals surface area contributed by atoms with Crippen molar-refractivity contribution in [2.75, 3.05) is 19.0 Å². The van der Waals surface area contributed by atoms with E-state index in [1.165, 1.54) is 13.2 Å². The van der Waals surface area contributed by atoms with E-state index in [2.05, 4.69) is 15.0 Å². The number of esters is 2. The molecule has 1 N–H and O–H groups in total. The van der Waals surface area contributed by atoms with E-state index >= 15 is 0 Å². The SMILES string of the molecule is COC(=O)c1cccc(NC(=O)COC(=O)c2cc(C)nc3ccc(C)cc23)c1. The first-order chi connectivity index (χ1) is 13.9. The normalized spacial score (nSPS) is 10.4. The van der Waals surface area contributed by atoms with Crippen molar-refractivity contribution in [3.63, 3.8) is 0 Å². The first-order valence-corrected chi connectivity index (χ1v) is 8.91. The quantitative estimate of drug-likeness (QED) is 0.669. The minimum Gasteiger partial charge on any atom is -0.465 e. The topological polar surface area (TPSA) is 94.6 Å². The number of hydrogen-bond acceptors (Lipinski definition) is 6. The number of aryl methyl sites for hydroxylation is 2. The number of fused-ring (bicyclic) bond motifs is 1. The van der Waals surface area contributed by atoms with Crippen LogP contribution in [0.2, 0.25) is 0 Å². The predicted octanol–water partition coefficient (Wildman–Crippen LogP) is 3.43. The number of carbonyl (C=O) groups excluding carboxylic acids is 3. The van der Waals surface area contributed by atoms with E-state index < -0.39 is 24.5 Å². The summed E-state index contributed by atoms with van der Waals surface area (Å²) in [5.74, 6) is -1.64. The van der Waals surface area contributed by atoms with E-state index in [0.717, 1.165) is 5.56 Å². The molecule has 7 nitrogen and oxygen atoms in total. The highest BCUT2D eigenvalue weighted by Crippen LogP contribution is 2.21. The number of anilines is 1. The number of nitrogens with zero attached hydrogens (tertiary/aromatic N) is 1. The number of rotatable bonds is 5. The summed E-state index contributed by atoms with van der Waals surface area (Å²) in [5, 5.41) is 3.26. The second-order valence-electron chi connectivity index (χ2n) is 6.53. The molecular formula is C22H20N2O5. The van der Waals surface area contributed by atoms with Gasteiger partial charge in [0.1, 0.15) is 0 Å². The van der Waals surface area contributed by atoms with Crippen molar-refractivity contribution in [2.45, 2.75) is 13.8 Å². The van der Waals surface area contributed by atoms with Gasteiger partial charge in [-0.3, -0.25) is 9.78 Å². The molecule has 0 atom stereocenters. The zero-order valence-corrected chi connectivity index (χ0v) is 16.3. The molecule has 0 aliphatic carbocycles. The molecule has 1 heterocycles. The Morgan fingerprint density at radius 3 is 2.55 bits per heavy atom. The van der Waals surface area contributed by atoms with Crippen molar-refractivity contribution in [2.24, 2.45) is 0 Å². The van der Waals surface area contributed by atoms with Crippen molar-refractivity contribution >= 4 is 34.4 Å². The average molecular weight is 392 g/mol. The van der Waals surface area contributed by atoms with E-state index in [-0.39, 0.29) is 0 Å². The lowest BCUT2D eigenvalue weighted by Crippen LogP contribution is -2.21. The number of amides is 1. The molecule has 0 spiro atoms. The summed E-state index contributed by atoms with van der Waals surface area (Å²) in [6, 6.07) is 13.5. The van der Waals surface area contributed by atoms with Gasteiger partial charge in [-0.2, -0.15) is 0 Å². The highest BCUT2D eigenvalue weighted by atomic mass is 16.5. The van der Waals surface area contributed by atoms with Crippen LogP contribution in [0.15, 0.2) is 48.5 Å². The minimum absolute atomic E-state index is 0.302. The Labute approximate surface area is 167 Å². The Kier molecular flexibility index (Phi) is 5.87. The van der Waals surface area contributed by atoms with Gasteiger partial charge in [-0.25, -0.2) is 9.59 Å². The molecule has 0 saturated heterocycles. The molecule has 0 aliphatic heterocycles. The number of benzene rings is 2. The van der Waals surface area contributed by atoms with Gasteiger partial charge in [-0.1, -0.05) is 17.7 Å². The molecule has 0 saturated carbocycles.